The van der Waals surface area contributed by atoms with Gasteiger partial charge in [-0.25, -0.2) is 0 Å². The molecular formula is C20H23N7O4. The molecule has 11 heteroatoms. The maximum Gasteiger partial charge on any atom is 0.291 e. The molecule has 0 aliphatic heterocycles. The van der Waals surface area contributed by atoms with Crippen LogP contribution < -0.4 is 16.2 Å². The molecule has 3 aromatic rings. The number of carbonyl (C=O) groups excluding carboxylic acids is 2. The standard InChI is InChI=1S/C20H23N7O4/c1-11(2)10-26-18-14(16(28)23-8-13-7-21-5-6-22-13)9-24-27(18)20(31)15(19(26)30)17(29)25-12-3-4-12/h5-7,9,11-12,30H,3-4,8,10H2,1-2H3,(H,23,28)(H,25,29). The number of fused-ring (bicyclic) bond motifs is 1. The van der Waals surface area contributed by atoms with E-state index in [0.717, 1.165) is 17.4 Å². The van der Waals surface area contributed by atoms with Crippen LogP contribution in [0, 0.1) is 5.92 Å². The summed E-state index contributed by atoms with van der Waals surface area (Å²) in [6.45, 7) is 4.24. The summed E-state index contributed by atoms with van der Waals surface area (Å²) in [6.07, 6.45) is 7.51. The Kier molecular flexibility index (Phi) is 5.40. The first-order valence-electron chi connectivity index (χ1n) is 10.0. The maximum atomic E-state index is 13.0. The van der Waals surface area contributed by atoms with Crippen molar-refractivity contribution in [1.29, 1.82) is 0 Å². The van der Waals surface area contributed by atoms with Crippen molar-refractivity contribution in [1.82, 2.24) is 34.8 Å². The Morgan fingerprint density at radius 1 is 1.23 bits per heavy atom. The summed E-state index contributed by atoms with van der Waals surface area (Å²) in [6, 6.07) is 0.0144. The van der Waals surface area contributed by atoms with E-state index in [9.17, 15) is 19.5 Å². The van der Waals surface area contributed by atoms with Crippen LogP contribution in [-0.2, 0) is 13.1 Å². The quantitative estimate of drug-likeness (QED) is 0.499. The van der Waals surface area contributed by atoms with Crippen LogP contribution in [0.15, 0.2) is 29.6 Å². The van der Waals surface area contributed by atoms with Crippen LogP contribution in [0.2, 0.25) is 0 Å². The summed E-state index contributed by atoms with van der Waals surface area (Å²) in [4.78, 5) is 46.5. The third-order valence-corrected chi connectivity index (χ3v) is 4.86. The van der Waals surface area contributed by atoms with Gasteiger partial charge in [-0.05, 0) is 18.8 Å². The SMILES string of the molecule is CC(C)Cn1c(O)c(C(=O)NC2CC2)c(=O)n2ncc(C(=O)NCc3cnccn3)c12. The van der Waals surface area contributed by atoms with E-state index in [2.05, 4.69) is 25.7 Å². The second-order valence-electron chi connectivity index (χ2n) is 7.93. The Hall–Kier alpha value is -3.76. The van der Waals surface area contributed by atoms with Gasteiger partial charge in [-0.1, -0.05) is 13.8 Å². The van der Waals surface area contributed by atoms with Crippen molar-refractivity contribution in [2.24, 2.45) is 5.92 Å². The summed E-state index contributed by atoms with van der Waals surface area (Å²) < 4.78 is 2.37. The minimum atomic E-state index is -0.779. The van der Waals surface area contributed by atoms with Crippen LogP contribution in [-0.4, -0.2) is 47.1 Å². The lowest BCUT2D eigenvalue weighted by molar-refractivity contribution is 0.0940. The molecule has 4 rings (SSSR count). The third-order valence-electron chi connectivity index (χ3n) is 4.86. The Labute approximate surface area is 177 Å². The van der Waals surface area contributed by atoms with Gasteiger partial charge in [0.25, 0.3) is 17.4 Å². The van der Waals surface area contributed by atoms with Crippen molar-refractivity contribution in [3.8, 4) is 5.88 Å². The molecule has 1 saturated carbocycles. The predicted molar refractivity (Wildman–Crippen MR) is 110 cm³/mol. The molecule has 0 atom stereocenters. The first-order chi connectivity index (χ1) is 14.9. The molecule has 0 spiro atoms. The van der Waals surface area contributed by atoms with Gasteiger partial charge in [0.2, 0.25) is 5.88 Å². The molecular weight excluding hydrogens is 402 g/mol. The number of nitrogens with zero attached hydrogens (tertiary/aromatic N) is 5. The summed E-state index contributed by atoms with van der Waals surface area (Å²) in [5.74, 6) is -1.56. The fourth-order valence-corrected chi connectivity index (χ4v) is 3.26. The smallest absolute Gasteiger partial charge is 0.291 e. The molecule has 0 saturated heterocycles. The Morgan fingerprint density at radius 3 is 2.65 bits per heavy atom. The minimum absolute atomic E-state index is 0.0144. The average Bonchev–Trinajstić information content (AvgIpc) is 3.43. The maximum absolute atomic E-state index is 13.0. The second kappa shape index (κ2) is 8.17. The highest BCUT2D eigenvalue weighted by molar-refractivity contribution is 6.01. The van der Waals surface area contributed by atoms with Gasteiger partial charge in [0.1, 0.15) is 5.56 Å². The normalized spacial score (nSPS) is 13.5. The van der Waals surface area contributed by atoms with E-state index in [1.165, 1.54) is 29.4 Å². The molecule has 3 aromatic heterocycles. The monoisotopic (exact) mass is 425 g/mol. The van der Waals surface area contributed by atoms with Crippen LogP contribution in [0.25, 0.3) is 5.65 Å². The van der Waals surface area contributed by atoms with Crippen molar-refractivity contribution in [2.45, 2.75) is 45.8 Å². The van der Waals surface area contributed by atoms with Crippen molar-refractivity contribution in [3.63, 3.8) is 0 Å². The van der Waals surface area contributed by atoms with E-state index < -0.39 is 23.3 Å². The van der Waals surface area contributed by atoms with Crippen molar-refractivity contribution < 1.29 is 14.7 Å². The van der Waals surface area contributed by atoms with Crippen LogP contribution in [0.3, 0.4) is 0 Å². The zero-order valence-corrected chi connectivity index (χ0v) is 17.2. The van der Waals surface area contributed by atoms with Crippen LogP contribution in [0.4, 0.5) is 0 Å². The number of hydrogen-bond donors (Lipinski definition) is 3. The zero-order chi connectivity index (χ0) is 22.1. The van der Waals surface area contributed by atoms with E-state index in [0.29, 0.717) is 5.69 Å². The number of aromatic nitrogens is 5. The second-order valence-corrected chi connectivity index (χ2v) is 7.93. The lowest BCUT2D eigenvalue weighted by Crippen LogP contribution is -2.35. The van der Waals surface area contributed by atoms with Gasteiger partial charge in [0.15, 0.2) is 11.2 Å². The van der Waals surface area contributed by atoms with Crippen LogP contribution >= 0.6 is 0 Å². The number of rotatable bonds is 7. The molecule has 3 N–H and O–H groups in total. The molecule has 11 nitrogen and oxygen atoms in total. The number of amides is 2. The summed E-state index contributed by atoms with van der Waals surface area (Å²) in [5.41, 5.74) is -0.371. The lowest BCUT2D eigenvalue weighted by Gasteiger charge is -2.17. The molecule has 162 valence electrons. The Bertz CT molecular complexity index is 1200. The summed E-state index contributed by atoms with van der Waals surface area (Å²) in [5, 5.41) is 20.3. The van der Waals surface area contributed by atoms with Crippen LogP contribution in [0.5, 0.6) is 5.88 Å². The molecule has 0 aromatic carbocycles. The molecule has 1 aliphatic rings. The first kappa shape index (κ1) is 20.5. The largest absolute Gasteiger partial charge is 0.494 e. The molecule has 0 unspecified atom stereocenters. The highest BCUT2D eigenvalue weighted by atomic mass is 16.3. The van der Waals surface area contributed by atoms with Crippen molar-refractivity contribution in [2.75, 3.05) is 0 Å². The molecule has 1 aliphatic carbocycles. The average molecular weight is 425 g/mol. The van der Waals surface area contributed by atoms with E-state index >= 15 is 0 Å². The van der Waals surface area contributed by atoms with Gasteiger partial charge < -0.3 is 15.7 Å². The molecule has 31 heavy (non-hydrogen) atoms. The van der Waals surface area contributed by atoms with Gasteiger partial charge in [-0.15, -0.1) is 0 Å². The van der Waals surface area contributed by atoms with Crippen molar-refractivity contribution in [3.05, 3.63) is 52.0 Å². The molecule has 1 fully saturated rings. The van der Waals surface area contributed by atoms with Gasteiger partial charge >= 0.3 is 0 Å². The molecule has 0 bridgehead atoms. The molecule has 2 amide bonds. The number of hydrogen-bond acceptors (Lipinski definition) is 7. The zero-order valence-electron chi connectivity index (χ0n) is 17.2. The molecule has 0 radical (unpaired) electrons. The minimum Gasteiger partial charge on any atom is -0.494 e. The van der Waals surface area contributed by atoms with Gasteiger partial charge in [-0.3, -0.25) is 28.9 Å². The third kappa shape index (κ3) is 4.11. The topological polar surface area (TPSA) is 144 Å². The first-order valence-corrected chi connectivity index (χ1v) is 10.0. The van der Waals surface area contributed by atoms with E-state index in [4.69, 9.17) is 0 Å². The van der Waals surface area contributed by atoms with Crippen LogP contribution in [0.1, 0.15) is 53.1 Å². The predicted octanol–water partition coefficient (Wildman–Crippen LogP) is 0.470. The van der Waals surface area contributed by atoms with E-state index in [1.54, 1.807) is 0 Å². The van der Waals surface area contributed by atoms with E-state index in [-0.39, 0.29) is 41.8 Å². The summed E-state index contributed by atoms with van der Waals surface area (Å²) in [7, 11) is 0. The fourth-order valence-electron chi connectivity index (χ4n) is 3.26. The molecule has 3 heterocycles. The van der Waals surface area contributed by atoms with Crippen molar-refractivity contribution >= 4 is 17.5 Å². The number of aromatic hydroxyl groups is 1. The van der Waals surface area contributed by atoms with Gasteiger partial charge in [-0.2, -0.15) is 9.61 Å². The lowest BCUT2D eigenvalue weighted by atomic mass is 10.2. The Morgan fingerprint density at radius 2 is 2.00 bits per heavy atom. The van der Waals surface area contributed by atoms with Gasteiger partial charge in [0, 0.05) is 25.0 Å². The van der Waals surface area contributed by atoms with E-state index in [1.807, 2.05) is 13.8 Å². The highest BCUT2D eigenvalue weighted by Gasteiger charge is 2.30. The van der Waals surface area contributed by atoms with Gasteiger partial charge in [0.05, 0.1) is 24.6 Å². The number of carbonyl (C=O) groups is 2. The summed E-state index contributed by atoms with van der Waals surface area (Å²) >= 11 is 0. The number of nitrogens with one attached hydrogen (secondary N) is 2. The Balaban J connectivity index is 1.76. The fraction of sp³-hybridized carbons (Fsp3) is 0.400. The highest BCUT2D eigenvalue weighted by Crippen LogP contribution is 2.24.